The van der Waals surface area contributed by atoms with Crippen molar-refractivity contribution >= 4 is 34.0 Å². The Balaban J connectivity index is 1.69. The summed E-state index contributed by atoms with van der Waals surface area (Å²) in [6.45, 7) is 1.36. The smallest absolute Gasteiger partial charge is 0.341 e. The molecule has 0 aromatic heterocycles. The summed E-state index contributed by atoms with van der Waals surface area (Å²) >= 11 is 0. The highest BCUT2D eigenvalue weighted by atomic mass is 16.6. The van der Waals surface area contributed by atoms with Gasteiger partial charge in [0.1, 0.15) is 0 Å². The summed E-state index contributed by atoms with van der Waals surface area (Å²) in [5.41, 5.74) is 1.20. The van der Waals surface area contributed by atoms with Crippen molar-refractivity contribution < 1.29 is 19.2 Å². The van der Waals surface area contributed by atoms with E-state index in [4.69, 9.17) is 4.74 Å². The van der Waals surface area contributed by atoms with E-state index in [1.807, 2.05) is 49.4 Å². The van der Waals surface area contributed by atoms with Crippen LogP contribution in [0, 0.1) is 10.1 Å². The Hall–Kier alpha value is -3.94. The van der Waals surface area contributed by atoms with Gasteiger partial charge in [0.25, 0.3) is 11.6 Å². The molecule has 0 bridgehead atoms. The van der Waals surface area contributed by atoms with Crippen molar-refractivity contribution in [3.63, 3.8) is 0 Å². The maximum atomic E-state index is 12.5. The molecule has 0 heterocycles. The molecule has 0 aliphatic heterocycles. The van der Waals surface area contributed by atoms with E-state index in [9.17, 15) is 19.7 Å². The van der Waals surface area contributed by atoms with Crippen LogP contribution >= 0.6 is 0 Å². The number of non-ortho nitro benzene ring substituents is 1. The molecular weight excluding hydrogens is 398 g/mol. The maximum absolute atomic E-state index is 12.5. The summed E-state index contributed by atoms with van der Waals surface area (Å²) in [4.78, 5) is 37.0. The van der Waals surface area contributed by atoms with Crippen molar-refractivity contribution in [3.8, 4) is 0 Å². The molecule has 0 saturated carbocycles. The molecule has 160 valence electrons. The number of anilines is 1. The first-order chi connectivity index (χ1) is 14.8. The molecule has 31 heavy (non-hydrogen) atoms. The summed E-state index contributed by atoms with van der Waals surface area (Å²) in [6.07, 6.45) is 0. The maximum Gasteiger partial charge on any atom is 0.341 e. The number of fused-ring (bicyclic) bond motifs is 1. The standard InChI is InChI=1S/C23H23N3O5/c1-15(18-10-6-8-16-7-4-5-9-19(16)18)24-22(27)14-31-23(28)20-13-17(26(29)30)11-12-21(20)25(2)3/h4-13,15H,14H2,1-3H3,(H,24,27). The predicted molar refractivity (Wildman–Crippen MR) is 118 cm³/mol. The summed E-state index contributed by atoms with van der Waals surface area (Å²) in [6, 6.07) is 17.3. The number of nitro groups is 1. The van der Waals surface area contributed by atoms with Crippen molar-refractivity contribution in [2.45, 2.75) is 13.0 Å². The third-order valence-corrected chi connectivity index (χ3v) is 4.89. The van der Waals surface area contributed by atoms with E-state index in [1.54, 1.807) is 19.0 Å². The third kappa shape index (κ3) is 4.98. The normalized spacial score (nSPS) is 11.6. The monoisotopic (exact) mass is 421 g/mol. The molecule has 0 aliphatic carbocycles. The number of ether oxygens (including phenoxy) is 1. The summed E-state index contributed by atoms with van der Waals surface area (Å²) in [7, 11) is 3.41. The number of carbonyl (C=O) groups is 2. The summed E-state index contributed by atoms with van der Waals surface area (Å²) in [5.74, 6) is -1.27. The van der Waals surface area contributed by atoms with Gasteiger partial charge in [-0.15, -0.1) is 0 Å². The van der Waals surface area contributed by atoms with Gasteiger partial charge >= 0.3 is 5.97 Å². The number of carbonyl (C=O) groups excluding carboxylic acids is 2. The van der Waals surface area contributed by atoms with Gasteiger partial charge in [0.15, 0.2) is 6.61 Å². The fourth-order valence-electron chi connectivity index (χ4n) is 3.39. The van der Waals surface area contributed by atoms with E-state index < -0.39 is 23.4 Å². The van der Waals surface area contributed by atoms with E-state index >= 15 is 0 Å². The fraction of sp³-hybridized carbons (Fsp3) is 0.217. The molecule has 8 nitrogen and oxygen atoms in total. The van der Waals surface area contributed by atoms with E-state index in [2.05, 4.69) is 5.32 Å². The van der Waals surface area contributed by atoms with E-state index in [-0.39, 0.29) is 17.3 Å². The molecular formula is C23H23N3O5. The van der Waals surface area contributed by atoms with Gasteiger partial charge in [-0.25, -0.2) is 4.79 Å². The van der Waals surface area contributed by atoms with Crippen LogP contribution in [0.4, 0.5) is 11.4 Å². The second-order valence-electron chi connectivity index (χ2n) is 7.29. The minimum absolute atomic E-state index is 0.0223. The van der Waals surface area contributed by atoms with E-state index in [0.717, 1.165) is 22.4 Å². The van der Waals surface area contributed by atoms with Crippen LogP contribution < -0.4 is 10.2 Å². The van der Waals surface area contributed by atoms with Crippen molar-refractivity contribution in [2.24, 2.45) is 0 Å². The molecule has 1 atom stereocenters. The largest absolute Gasteiger partial charge is 0.452 e. The minimum atomic E-state index is -0.805. The van der Waals surface area contributed by atoms with Gasteiger partial charge in [0, 0.05) is 26.2 Å². The molecule has 3 aromatic rings. The number of rotatable bonds is 7. The second-order valence-corrected chi connectivity index (χ2v) is 7.29. The van der Waals surface area contributed by atoms with Gasteiger partial charge in [-0.3, -0.25) is 14.9 Å². The van der Waals surface area contributed by atoms with E-state index in [0.29, 0.717) is 5.69 Å². The van der Waals surface area contributed by atoms with Crippen molar-refractivity contribution in [2.75, 3.05) is 25.6 Å². The van der Waals surface area contributed by atoms with Crippen molar-refractivity contribution in [1.29, 1.82) is 0 Å². The summed E-state index contributed by atoms with van der Waals surface area (Å²) in [5, 5.41) is 16.0. The molecule has 0 fully saturated rings. The number of hydrogen-bond donors (Lipinski definition) is 1. The topological polar surface area (TPSA) is 102 Å². The average molecular weight is 421 g/mol. The van der Waals surface area contributed by atoms with Crippen LogP contribution in [0.3, 0.4) is 0 Å². The number of amides is 1. The number of benzene rings is 3. The van der Waals surface area contributed by atoms with Crippen LogP contribution in [-0.2, 0) is 9.53 Å². The minimum Gasteiger partial charge on any atom is -0.452 e. The lowest BCUT2D eigenvalue weighted by Crippen LogP contribution is -2.31. The van der Waals surface area contributed by atoms with Crippen LogP contribution in [-0.4, -0.2) is 37.5 Å². The zero-order valence-corrected chi connectivity index (χ0v) is 17.5. The van der Waals surface area contributed by atoms with Crippen LogP contribution in [0.5, 0.6) is 0 Å². The quantitative estimate of drug-likeness (QED) is 0.353. The highest BCUT2D eigenvalue weighted by Crippen LogP contribution is 2.26. The molecule has 1 amide bonds. The van der Waals surface area contributed by atoms with Crippen LogP contribution in [0.25, 0.3) is 10.8 Å². The molecule has 0 radical (unpaired) electrons. The zero-order chi connectivity index (χ0) is 22.5. The first-order valence-corrected chi connectivity index (χ1v) is 9.68. The first-order valence-electron chi connectivity index (χ1n) is 9.68. The Kier molecular flexibility index (Phi) is 6.49. The van der Waals surface area contributed by atoms with Gasteiger partial charge in [0.2, 0.25) is 0 Å². The Morgan fingerprint density at radius 1 is 1.10 bits per heavy atom. The molecule has 1 N–H and O–H groups in total. The second kappa shape index (κ2) is 9.25. The summed E-state index contributed by atoms with van der Waals surface area (Å²) < 4.78 is 5.14. The van der Waals surface area contributed by atoms with Gasteiger partial charge in [-0.1, -0.05) is 42.5 Å². The number of nitrogens with one attached hydrogen (secondary N) is 1. The predicted octanol–water partition coefficient (Wildman–Crippen LogP) is 3.85. The third-order valence-electron chi connectivity index (χ3n) is 4.89. The molecule has 3 rings (SSSR count). The molecule has 1 unspecified atom stereocenters. The Morgan fingerprint density at radius 2 is 1.81 bits per heavy atom. The van der Waals surface area contributed by atoms with Crippen LogP contribution in [0.2, 0.25) is 0 Å². The Bertz CT molecular complexity index is 1140. The highest BCUT2D eigenvalue weighted by molar-refractivity contribution is 5.97. The molecule has 0 aliphatic rings. The fourth-order valence-corrected chi connectivity index (χ4v) is 3.39. The van der Waals surface area contributed by atoms with Crippen molar-refractivity contribution in [1.82, 2.24) is 5.32 Å². The van der Waals surface area contributed by atoms with E-state index in [1.165, 1.54) is 12.1 Å². The van der Waals surface area contributed by atoms with Gasteiger partial charge < -0.3 is 15.0 Å². The Morgan fingerprint density at radius 3 is 2.52 bits per heavy atom. The lowest BCUT2D eigenvalue weighted by Gasteiger charge is -2.18. The average Bonchev–Trinajstić information content (AvgIpc) is 2.76. The molecule has 3 aromatic carbocycles. The lowest BCUT2D eigenvalue weighted by molar-refractivity contribution is -0.384. The number of esters is 1. The van der Waals surface area contributed by atoms with Gasteiger partial charge in [0.05, 0.1) is 22.2 Å². The first kappa shape index (κ1) is 21.8. The number of nitro benzene ring substituents is 1. The van der Waals surface area contributed by atoms with Gasteiger partial charge in [-0.05, 0) is 29.3 Å². The SMILES string of the molecule is CC(NC(=O)COC(=O)c1cc([N+](=O)[O-])ccc1N(C)C)c1cccc2ccccc12. The Labute approximate surface area is 179 Å². The lowest BCUT2D eigenvalue weighted by atomic mass is 10.00. The molecule has 0 spiro atoms. The van der Waals surface area contributed by atoms with Crippen molar-refractivity contribution in [3.05, 3.63) is 81.9 Å². The number of hydrogen-bond acceptors (Lipinski definition) is 6. The van der Waals surface area contributed by atoms with Gasteiger partial charge in [-0.2, -0.15) is 0 Å². The zero-order valence-electron chi connectivity index (χ0n) is 17.5. The van der Waals surface area contributed by atoms with Crippen LogP contribution in [0.15, 0.2) is 60.7 Å². The molecule has 8 heteroatoms. The van der Waals surface area contributed by atoms with Crippen LogP contribution in [0.1, 0.15) is 28.9 Å². The number of nitrogens with zero attached hydrogens (tertiary/aromatic N) is 2. The highest BCUT2D eigenvalue weighted by Gasteiger charge is 2.21. The molecule has 0 saturated heterocycles.